The molecule has 5 nitrogen and oxygen atoms in total. The van der Waals surface area contributed by atoms with Gasteiger partial charge in [0, 0.05) is 33.2 Å². The van der Waals surface area contributed by atoms with Gasteiger partial charge < -0.3 is 9.80 Å². The van der Waals surface area contributed by atoms with Crippen LogP contribution in [0.3, 0.4) is 0 Å². The number of halogens is 1. The van der Waals surface area contributed by atoms with Crippen LogP contribution < -0.4 is 0 Å². The van der Waals surface area contributed by atoms with Crippen LogP contribution in [0.25, 0.3) is 0 Å². The number of rotatable bonds is 1. The van der Waals surface area contributed by atoms with E-state index in [-0.39, 0.29) is 5.91 Å². The Labute approximate surface area is 110 Å². The fourth-order valence-corrected chi connectivity index (χ4v) is 2.53. The first-order valence-electron chi connectivity index (χ1n) is 5.67. The van der Waals surface area contributed by atoms with Gasteiger partial charge in [-0.25, -0.2) is 0 Å². The van der Waals surface area contributed by atoms with Crippen molar-refractivity contribution in [1.82, 2.24) is 19.6 Å². The van der Waals surface area contributed by atoms with Gasteiger partial charge in [0.15, 0.2) is 0 Å². The van der Waals surface area contributed by atoms with E-state index >= 15 is 0 Å². The number of nitrogens with zero attached hydrogens (tertiary/aromatic N) is 4. The van der Waals surface area contributed by atoms with Crippen molar-refractivity contribution >= 4 is 21.8 Å². The summed E-state index contributed by atoms with van der Waals surface area (Å²) in [4.78, 5) is 16.5. The van der Waals surface area contributed by atoms with Crippen molar-refractivity contribution in [1.29, 1.82) is 0 Å². The highest BCUT2D eigenvalue weighted by Gasteiger charge is 2.25. The Morgan fingerprint density at radius 1 is 1.24 bits per heavy atom. The van der Waals surface area contributed by atoms with Crippen molar-refractivity contribution in [3.63, 3.8) is 0 Å². The fourth-order valence-electron chi connectivity index (χ4n) is 2.02. The monoisotopic (exact) mass is 300 g/mol. The number of piperazine rings is 1. The van der Waals surface area contributed by atoms with Crippen LogP contribution in [0, 0.1) is 6.92 Å². The Kier molecular flexibility index (Phi) is 3.53. The zero-order valence-corrected chi connectivity index (χ0v) is 12.0. The van der Waals surface area contributed by atoms with Crippen LogP contribution in [0.1, 0.15) is 16.2 Å². The van der Waals surface area contributed by atoms with E-state index < -0.39 is 0 Å². The van der Waals surface area contributed by atoms with E-state index in [2.05, 4.69) is 33.0 Å². The lowest BCUT2D eigenvalue weighted by molar-refractivity contribution is 0.0652. The van der Waals surface area contributed by atoms with Gasteiger partial charge in [0.25, 0.3) is 5.91 Å². The quantitative estimate of drug-likeness (QED) is 0.773. The predicted octanol–water partition coefficient (Wildman–Crippen LogP) is 0.879. The smallest absolute Gasteiger partial charge is 0.273 e. The molecule has 6 heteroatoms. The minimum atomic E-state index is 0.0630. The zero-order chi connectivity index (χ0) is 12.6. The first-order chi connectivity index (χ1) is 8.00. The van der Waals surface area contributed by atoms with E-state index in [1.807, 2.05) is 11.8 Å². The molecule has 0 N–H and O–H groups in total. The van der Waals surface area contributed by atoms with Gasteiger partial charge in [0.05, 0.1) is 10.2 Å². The van der Waals surface area contributed by atoms with Gasteiger partial charge in [-0.2, -0.15) is 5.10 Å². The standard InChI is InChI=1S/C11H17BrN4O/c1-8-9(12)10(15(3)13-8)11(17)16-6-4-14(2)5-7-16/h4-7H2,1-3H3. The second-order valence-corrected chi connectivity index (χ2v) is 5.26. The molecule has 1 fully saturated rings. The number of aryl methyl sites for hydroxylation is 2. The molecule has 94 valence electrons. The van der Waals surface area contributed by atoms with Gasteiger partial charge in [-0.1, -0.05) is 0 Å². The molecule has 1 aliphatic heterocycles. The maximum atomic E-state index is 12.4. The Balaban J connectivity index is 2.20. The second kappa shape index (κ2) is 4.78. The van der Waals surface area contributed by atoms with Crippen molar-refractivity contribution < 1.29 is 4.79 Å². The minimum Gasteiger partial charge on any atom is -0.335 e. The molecular formula is C11H17BrN4O. The lowest BCUT2D eigenvalue weighted by atomic mass is 10.2. The van der Waals surface area contributed by atoms with Gasteiger partial charge in [-0.05, 0) is 29.9 Å². The normalized spacial score (nSPS) is 17.5. The van der Waals surface area contributed by atoms with Crippen molar-refractivity contribution in [2.75, 3.05) is 33.2 Å². The van der Waals surface area contributed by atoms with Gasteiger partial charge in [-0.15, -0.1) is 0 Å². The van der Waals surface area contributed by atoms with E-state index in [9.17, 15) is 4.79 Å². The van der Waals surface area contributed by atoms with Gasteiger partial charge in [0.2, 0.25) is 0 Å². The average molecular weight is 301 g/mol. The van der Waals surface area contributed by atoms with Crippen LogP contribution in [0.4, 0.5) is 0 Å². The SMILES string of the molecule is Cc1nn(C)c(C(=O)N2CCN(C)CC2)c1Br. The van der Waals surface area contributed by atoms with Crippen LogP contribution in [0.15, 0.2) is 4.47 Å². The van der Waals surface area contributed by atoms with Crippen molar-refractivity contribution in [3.05, 3.63) is 15.9 Å². The fraction of sp³-hybridized carbons (Fsp3) is 0.636. The largest absolute Gasteiger partial charge is 0.335 e. The van der Waals surface area contributed by atoms with E-state index in [1.165, 1.54) is 0 Å². The molecule has 0 atom stereocenters. The van der Waals surface area contributed by atoms with Gasteiger partial charge >= 0.3 is 0 Å². The molecule has 2 rings (SSSR count). The van der Waals surface area contributed by atoms with E-state index in [0.29, 0.717) is 5.69 Å². The molecule has 1 aromatic rings. The molecule has 0 radical (unpaired) electrons. The van der Waals surface area contributed by atoms with E-state index in [4.69, 9.17) is 0 Å². The zero-order valence-electron chi connectivity index (χ0n) is 10.4. The highest BCUT2D eigenvalue weighted by atomic mass is 79.9. The Morgan fingerprint density at radius 2 is 1.82 bits per heavy atom. The van der Waals surface area contributed by atoms with Gasteiger partial charge in [-0.3, -0.25) is 9.48 Å². The molecule has 0 saturated carbocycles. The molecule has 0 bridgehead atoms. The summed E-state index contributed by atoms with van der Waals surface area (Å²) >= 11 is 3.44. The predicted molar refractivity (Wildman–Crippen MR) is 69.0 cm³/mol. The number of hydrogen-bond acceptors (Lipinski definition) is 3. The highest BCUT2D eigenvalue weighted by molar-refractivity contribution is 9.10. The Morgan fingerprint density at radius 3 is 2.29 bits per heavy atom. The Hall–Kier alpha value is -0.880. The number of carbonyl (C=O) groups is 1. The molecule has 0 aliphatic carbocycles. The first kappa shape index (κ1) is 12.6. The van der Waals surface area contributed by atoms with Crippen molar-refractivity contribution in [2.24, 2.45) is 7.05 Å². The average Bonchev–Trinajstić information content (AvgIpc) is 2.53. The highest BCUT2D eigenvalue weighted by Crippen LogP contribution is 2.22. The number of likely N-dealkylation sites (N-methyl/N-ethyl adjacent to an activating group) is 1. The molecule has 1 aromatic heterocycles. The molecule has 2 heterocycles. The van der Waals surface area contributed by atoms with Crippen LogP contribution in [-0.4, -0.2) is 58.7 Å². The summed E-state index contributed by atoms with van der Waals surface area (Å²) in [6.45, 7) is 5.32. The summed E-state index contributed by atoms with van der Waals surface area (Å²) in [5, 5.41) is 4.25. The third kappa shape index (κ3) is 2.37. The third-order valence-corrected chi connectivity index (χ3v) is 4.09. The molecule has 1 aliphatic rings. The summed E-state index contributed by atoms with van der Waals surface area (Å²) in [6, 6.07) is 0. The maximum absolute atomic E-state index is 12.4. The van der Waals surface area contributed by atoms with Crippen LogP contribution in [-0.2, 0) is 7.05 Å². The first-order valence-corrected chi connectivity index (χ1v) is 6.47. The summed E-state index contributed by atoms with van der Waals surface area (Å²) in [6.07, 6.45) is 0. The summed E-state index contributed by atoms with van der Waals surface area (Å²) < 4.78 is 2.46. The third-order valence-electron chi connectivity index (χ3n) is 3.14. The van der Waals surface area contributed by atoms with Gasteiger partial charge in [0.1, 0.15) is 5.69 Å². The van der Waals surface area contributed by atoms with Crippen molar-refractivity contribution in [3.8, 4) is 0 Å². The molecular weight excluding hydrogens is 284 g/mol. The summed E-state index contributed by atoms with van der Waals surface area (Å²) in [7, 11) is 3.88. The molecule has 1 amide bonds. The van der Waals surface area contributed by atoms with E-state index in [1.54, 1.807) is 11.7 Å². The van der Waals surface area contributed by atoms with Crippen LogP contribution in [0.2, 0.25) is 0 Å². The molecule has 1 saturated heterocycles. The van der Waals surface area contributed by atoms with Crippen LogP contribution >= 0.6 is 15.9 Å². The number of hydrogen-bond donors (Lipinski definition) is 0. The maximum Gasteiger partial charge on any atom is 0.273 e. The topological polar surface area (TPSA) is 41.4 Å². The molecule has 0 aromatic carbocycles. The molecule has 0 spiro atoms. The Bertz CT molecular complexity index is 435. The lowest BCUT2D eigenvalue weighted by Gasteiger charge is -2.32. The minimum absolute atomic E-state index is 0.0630. The summed E-state index contributed by atoms with van der Waals surface area (Å²) in [5.41, 5.74) is 1.50. The summed E-state index contributed by atoms with van der Waals surface area (Å²) in [5.74, 6) is 0.0630. The lowest BCUT2D eigenvalue weighted by Crippen LogP contribution is -2.47. The molecule has 0 unspecified atom stereocenters. The van der Waals surface area contributed by atoms with E-state index in [0.717, 1.165) is 36.3 Å². The van der Waals surface area contributed by atoms with Crippen molar-refractivity contribution in [2.45, 2.75) is 6.92 Å². The number of aromatic nitrogens is 2. The second-order valence-electron chi connectivity index (χ2n) is 4.47. The molecule has 17 heavy (non-hydrogen) atoms. The van der Waals surface area contributed by atoms with Crippen LogP contribution in [0.5, 0.6) is 0 Å². The number of carbonyl (C=O) groups excluding carboxylic acids is 1. The number of amides is 1.